The van der Waals surface area contributed by atoms with E-state index in [1.54, 1.807) is 0 Å². The molecule has 1 heteroatoms. The first-order valence-electron chi connectivity index (χ1n) is 7.16. The second-order valence-corrected chi connectivity index (χ2v) is 6.20. The Hall–Kier alpha value is -1.60. The van der Waals surface area contributed by atoms with Gasteiger partial charge in [0, 0.05) is 6.42 Å². The first-order valence-corrected chi connectivity index (χ1v) is 7.16. The third-order valence-corrected chi connectivity index (χ3v) is 4.01. The van der Waals surface area contributed by atoms with Crippen LogP contribution in [0.15, 0.2) is 36.4 Å². The molecular weight excluding hydrogens is 244 g/mol. The second-order valence-electron chi connectivity index (χ2n) is 6.20. The Kier molecular flexibility index (Phi) is 4.01. The first-order chi connectivity index (χ1) is 9.29. The van der Waals surface area contributed by atoms with E-state index in [0.717, 1.165) is 5.56 Å². The quantitative estimate of drug-likeness (QED) is 0.876. The predicted molar refractivity (Wildman–Crippen MR) is 85.1 cm³/mol. The SMILES string of the molecule is Cc1cc(C)cc(C(C)(O)Cc2c(C)cccc2C)c1. The lowest BCUT2D eigenvalue weighted by atomic mass is 9.84. The topological polar surface area (TPSA) is 20.2 Å². The molecule has 0 heterocycles. The zero-order chi connectivity index (χ0) is 14.9. The molecule has 0 aliphatic carbocycles. The Labute approximate surface area is 122 Å². The summed E-state index contributed by atoms with van der Waals surface area (Å²) in [6, 6.07) is 12.6. The molecule has 0 radical (unpaired) electrons. The van der Waals surface area contributed by atoms with Crippen molar-refractivity contribution in [3.05, 3.63) is 69.8 Å². The summed E-state index contributed by atoms with van der Waals surface area (Å²) in [5, 5.41) is 10.9. The summed E-state index contributed by atoms with van der Waals surface area (Å²) in [6.45, 7) is 10.3. The van der Waals surface area contributed by atoms with Crippen LogP contribution in [0.1, 0.15) is 40.3 Å². The second kappa shape index (κ2) is 5.41. The number of hydrogen-bond acceptors (Lipinski definition) is 1. The van der Waals surface area contributed by atoms with Gasteiger partial charge < -0.3 is 5.11 Å². The van der Waals surface area contributed by atoms with Crippen molar-refractivity contribution in [3.8, 4) is 0 Å². The lowest BCUT2D eigenvalue weighted by molar-refractivity contribution is 0.0572. The van der Waals surface area contributed by atoms with Gasteiger partial charge in [-0.25, -0.2) is 0 Å². The van der Waals surface area contributed by atoms with Crippen molar-refractivity contribution in [2.24, 2.45) is 0 Å². The van der Waals surface area contributed by atoms with Gasteiger partial charge in [0.15, 0.2) is 0 Å². The molecule has 0 fully saturated rings. The maximum Gasteiger partial charge on any atom is 0.0909 e. The van der Waals surface area contributed by atoms with Crippen molar-refractivity contribution in [1.82, 2.24) is 0 Å². The van der Waals surface area contributed by atoms with E-state index < -0.39 is 5.60 Å². The summed E-state index contributed by atoms with van der Waals surface area (Å²) in [4.78, 5) is 0. The average molecular weight is 268 g/mol. The third kappa shape index (κ3) is 3.10. The van der Waals surface area contributed by atoms with Crippen LogP contribution >= 0.6 is 0 Å². The fourth-order valence-corrected chi connectivity index (χ4v) is 2.86. The van der Waals surface area contributed by atoms with Gasteiger partial charge in [-0.15, -0.1) is 0 Å². The van der Waals surface area contributed by atoms with Crippen molar-refractivity contribution in [2.45, 2.75) is 46.6 Å². The summed E-state index contributed by atoms with van der Waals surface area (Å²) in [6.07, 6.45) is 0.647. The molecule has 0 saturated heterocycles. The monoisotopic (exact) mass is 268 g/mol. The lowest BCUT2D eigenvalue weighted by Crippen LogP contribution is -2.25. The summed E-state index contributed by atoms with van der Waals surface area (Å²) < 4.78 is 0. The molecule has 106 valence electrons. The summed E-state index contributed by atoms with van der Waals surface area (Å²) in [5.41, 5.74) is 6.29. The van der Waals surface area contributed by atoms with Crippen LogP contribution in [0, 0.1) is 27.7 Å². The van der Waals surface area contributed by atoms with E-state index in [-0.39, 0.29) is 0 Å². The van der Waals surface area contributed by atoms with Crippen LogP contribution in [0.25, 0.3) is 0 Å². The molecule has 0 bridgehead atoms. The molecular formula is C19H24O. The summed E-state index contributed by atoms with van der Waals surface area (Å²) in [5.74, 6) is 0. The summed E-state index contributed by atoms with van der Waals surface area (Å²) in [7, 11) is 0. The van der Waals surface area contributed by atoms with Gasteiger partial charge in [-0.1, -0.05) is 47.5 Å². The highest BCUT2D eigenvalue weighted by Gasteiger charge is 2.25. The van der Waals surface area contributed by atoms with Crippen LogP contribution in [-0.4, -0.2) is 5.11 Å². The fourth-order valence-electron chi connectivity index (χ4n) is 2.86. The molecule has 0 aliphatic heterocycles. The normalized spacial score (nSPS) is 14.1. The number of aliphatic hydroxyl groups is 1. The van der Waals surface area contributed by atoms with E-state index in [0.29, 0.717) is 6.42 Å². The van der Waals surface area contributed by atoms with Crippen molar-refractivity contribution in [1.29, 1.82) is 0 Å². The molecule has 0 aromatic heterocycles. The Bertz CT molecular complexity index is 583. The van der Waals surface area contributed by atoms with Crippen LogP contribution in [0.5, 0.6) is 0 Å². The van der Waals surface area contributed by atoms with Crippen LogP contribution in [0.2, 0.25) is 0 Å². The number of hydrogen-bond donors (Lipinski definition) is 1. The zero-order valence-corrected chi connectivity index (χ0v) is 13.1. The van der Waals surface area contributed by atoms with E-state index in [4.69, 9.17) is 0 Å². The highest BCUT2D eigenvalue weighted by atomic mass is 16.3. The standard InChI is InChI=1S/C19H24O/c1-13-9-14(2)11-17(10-13)19(5,20)12-18-15(3)7-6-8-16(18)4/h6-11,20H,12H2,1-5H3. The lowest BCUT2D eigenvalue weighted by Gasteiger charge is -2.26. The van der Waals surface area contributed by atoms with Crippen LogP contribution < -0.4 is 0 Å². The van der Waals surface area contributed by atoms with Gasteiger partial charge in [0.05, 0.1) is 5.60 Å². The molecule has 1 nitrogen and oxygen atoms in total. The average Bonchev–Trinajstić information content (AvgIpc) is 2.33. The third-order valence-electron chi connectivity index (χ3n) is 4.01. The predicted octanol–water partition coefficient (Wildman–Crippen LogP) is 4.37. The smallest absolute Gasteiger partial charge is 0.0909 e. The van der Waals surface area contributed by atoms with Gasteiger partial charge in [-0.05, 0) is 56.9 Å². The maximum atomic E-state index is 10.9. The number of rotatable bonds is 3. The minimum atomic E-state index is -0.840. The van der Waals surface area contributed by atoms with Crippen molar-refractivity contribution >= 4 is 0 Å². The Morgan fingerprint density at radius 2 is 1.40 bits per heavy atom. The fraction of sp³-hybridized carbons (Fsp3) is 0.368. The molecule has 1 unspecified atom stereocenters. The minimum Gasteiger partial charge on any atom is -0.385 e. The molecule has 1 atom stereocenters. The highest BCUT2D eigenvalue weighted by molar-refractivity contribution is 5.38. The molecule has 2 aromatic carbocycles. The van der Waals surface area contributed by atoms with E-state index in [1.165, 1.54) is 27.8 Å². The van der Waals surface area contributed by atoms with Gasteiger partial charge in [-0.3, -0.25) is 0 Å². The number of aryl methyl sites for hydroxylation is 4. The molecule has 20 heavy (non-hydrogen) atoms. The minimum absolute atomic E-state index is 0.647. The maximum absolute atomic E-state index is 10.9. The van der Waals surface area contributed by atoms with E-state index in [9.17, 15) is 5.11 Å². The zero-order valence-electron chi connectivity index (χ0n) is 13.1. The largest absolute Gasteiger partial charge is 0.385 e. The molecule has 0 saturated carbocycles. The van der Waals surface area contributed by atoms with Crippen molar-refractivity contribution in [2.75, 3.05) is 0 Å². The highest BCUT2D eigenvalue weighted by Crippen LogP contribution is 2.29. The summed E-state index contributed by atoms with van der Waals surface area (Å²) >= 11 is 0. The van der Waals surface area contributed by atoms with Gasteiger partial charge in [0.2, 0.25) is 0 Å². The first kappa shape index (κ1) is 14.8. The van der Waals surface area contributed by atoms with Crippen molar-refractivity contribution in [3.63, 3.8) is 0 Å². The van der Waals surface area contributed by atoms with Gasteiger partial charge in [0.1, 0.15) is 0 Å². The molecule has 2 rings (SSSR count). The molecule has 2 aromatic rings. The molecule has 0 amide bonds. The molecule has 0 aliphatic rings. The molecule has 1 N–H and O–H groups in total. The Morgan fingerprint density at radius 3 is 1.90 bits per heavy atom. The Morgan fingerprint density at radius 1 is 0.900 bits per heavy atom. The molecule has 0 spiro atoms. The van der Waals surface area contributed by atoms with E-state index in [2.05, 4.69) is 64.1 Å². The van der Waals surface area contributed by atoms with Gasteiger partial charge in [-0.2, -0.15) is 0 Å². The van der Waals surface area contributed by atoms with Crippen LogP contribution in [0.3, 0.4) is 0 Å². The van der Waals surface area contributed by atoms with Crippen LogP contribution in [-0.2, 0) is 12.0 Å². The van der Waals surface area contributed by atoms with E-state index in [1.807, 2.05) is 6.92 Å². The van der Waals surface area contributed by atoms with E-state index >= 15 is 0 Å². The van der Waals surface area contributed by atoms with Gasteiger partial charge in [0.25, 0.3) is 0 Å². The van der Waals surface area contributed by atoms with Crippen LogP contribution in [0.4, 0.5) is 0 Å². The van der Waals surface area contributed by atoms with Crippen molar-refractivity contribution < 1.29 is 5.11 Å². The Balaban J connectivity index is 2.40. The van der Waals surface area contributed by atoms with Gasteiger partial charge >= 0.3 is 0 Å². The number of benzene rings is 2.